The first-order valence-electron chi connectivity index (χ1n) is 8.22. The number of likely N-dealkylation sites (tertiary alicyclic amines) is 1. The predicted molar refractivity (Wildman–Crippen MR) is 92.4 cm³/mol. The van der Waals surface area contributed by atoms with Crippen molar-refractivity contribution >= 4 is 18.3 Å². The van der Waals surface area contributed by atoms with Gasteiger partial charge in [-0.15, -0.1) is 12.4 Å². The summed E-state index contributed by atoms with van der Waals surface area (Å²) in [5, 5.41) is 3.28. The van der Waals surface area contributed by atoms with Crippen molar-refractivity contribution in [1.82, 2.24) is 10.2 Å². The fourth-order valence-electron chi connectivity index (χ4n) is 3.56. The first kappa shape index (κ1) is 17.3. The van der Waals surface area contributed by atoms with Gasteiger partial charge in [-0.3, -0.25) is 4.79 Å². The third-order valence-corrected chi connectivity index (χ3v) is 5.29. The van der Waals surface area contributed by atoms with Gasteiger partial charge in [0.1, 0.15) is 0 Å². The molecular weight excluding hydrogens is 296 g/mol. The Morgan fingerprint density at radius 2 is 2.09 bits per heavy atom. The minimum atomic E-state index is 0. The largest absolute Gasteiger partial charge is 0.339 e. The van der Waals surface area contributed by atoms with Crippen LogP contribution in [0.25, 0.3) is 0 Å². The zero-order valence-corrected chi connectivity index (χ0v) is 14.4. The van der Waals surface area contributed by atoms with Crippen molar-refractivity contribution in [2.24, 2.45) is 11.8 Å². The molecule has 2 saturated heterocycles. The molecule has 0 aliphatic carbocycles. The van der Waals surface area contributed by atoms with E-state index in [0.717, 1.165) is 38.9 Å². The molecule has 1 amide bonds. The molecule has 0 radical (unpaired) electrons. The van der Waals surface area contributed by atoms with Crippen molar-refractivity contribution < 1.29 is 4.79 Å². The zero-order valence-electron chi connectivity index (χ0n) is 13.5. The summed E-state index contributed by atoms with van der Waals surface area (Å²) in [7, 11) is 0. The van der Waals surface area contributed by atoms with Crippen LogP contribution in [0.5, 0.6) is 0 Å². The Morgan fingerprint density at radius 3 is 2.73 bits per heavy atom. The number of carbonyl (C=O) groups excluding carboxylic acids is 1. The van der Waals surface area contributed by atoms with Gasteiger partial charge in [0.25, 0.3) is 0 Å². The number of hydrogen-bond acceptors (Lipinski definition) is 2. The smallest absolute Gasteiger partial charge is 0.226 e. The van der Waals surface area contributed by atoms with Crippen LogP contribution in [0.2, 0.25) is 0 Å². The number of carbonyl (C=O) groups is 1. The van der Waals surface area contributed by atoms with Gasteiger partial charge >= 0.3 is 0 Å². The van der Waals surface area contributed by atoms with Gasteiger partial charge in [-0.1, -0.05) is 31.2 Å². The molecule has 2 aliphatic rings. The number of nitrogens with one attached hydrogen (secondary N) is 1. The van der Waals surface area contributed by atoms with Crippen molar-refractivity contribution in [3.05, 3.63) is 35.4 Å². The number of halogens is 1. The molecule has 3 nitrogen and oxygen atoms in total. The van der Waals surface area contributed by atoms with E-state index >= 15 is 0 Å². The Balaban J connectivity index is 0.00000176. The third kappa shape index (κ3) is 3.47. The van der Waals surface area contributed by atoms with Crippen molar-refractivity contribution in [2.75, 3.05) is 19.6 Å². The van der Waals surface area contributed by atoms with Crippen LogP contribution in [-0.2, 0) is 11.2 Å². The first-order valence-corrected chi connectivity index (χ1v) is 8.22. The van der Waals surface area contributed by atoms with Gasteiger partial charge in [0, 0.05) is 18.5 Å². The van der Waals surface area contributed by atoms with Crippen LogP contribution in [0.3, 0.4) is 0 Å². The maximum atomic E-state index is 12.8. The second kappa shape index (κ2) is 7.47. The second-order valence-corrected chi connectivity index (χ2v) is 6.67. The molecule has 22 heavy (non-hydrogen) atoms. The SMILES string of the molecule is Cc1ccccc1CC1CCCN1C(=O)C(C)C1CNC1.Cl. The maximum absolute atomic E-state index is 12.8. The van der Waals surface area contributed by atoms with Crippen molar-refractivity contribution in [3.8, 4) is 0 Å². The van der Waals surface area contributed by atoms with Crippen molar-refractivity contribution in [2.45, 2.75) is 39.2 Å². The summed E-state index contributed by atoms with van der Waals surface area (Å²) in [6.07, 6.45) is 3.31. The number of hydrogen-bond donors (Lipinski definition) is 1. The van der Waals surface area contributed by atoms with Crippen LogP contribution in [0.1, 0.15) is 30.9 Å². The lowest BCUT2D eigenvalue weighted by molar-refractivity contribution is -0.138. The van der Waals surface area contributed by atoms with Crippen LogP contribution in [0.4, 0.5) is 0 Å². The van der Waals surface area contributed by atoms with Crippen molar-refractivity contribution in [1.29, 1.82) is 0 Å². The zero-order chi connectivity index (χ0) is 14.8. The van der Waals surface area contributed by atoms with Gasteiger partial charge < -0.3 is 10.2 Å². The highest BCUT2D eigenvalue weighted by molar-refractivity contribution is 5.85. The molecule has 0 bridgehead atoms. The quantitative estimate of drug-likeness (QED) is 0.924. The lowest BCUT2D eigenvalue weighted by atomic mass is 9.87. The molecule has 122 valence electrons. The van der Waals surface area contributed by atoms with Crippen LogP contribution in [0, 0.1) is 18.8 Å². The summed E-state index contributed by atoms with van der Waals surface area (Å²) in [6.45, 7) is 7.22. The summed E-state index contributed by atoms with van der Waals surface area (Å²) in [6, 6.07) is 8.96. The highest BCUT2D eigenvalue weighted by atomic mass is 35.5. The van der Waals surface area contributed by atoms with E-state index in [0.29, 0.717) is 17.9 Å². The molecule has 2 aliphatic heterocycles. The Hall–Kier alpha value is -1.06. The molecule has 2 heterocycles. The highest BCUT2D eigenvalue weighted by Gasteiger charge is 2.36. The Kier molecular flexibility index (Phi) is 5.87. The number of nitrogens with zero attached hydrogens (tertiary/aromatic N) is 1. The summed E-state index contributed by atoms with van der Waals surface area (Å²) < 4.78 is 0. The maximum Gasteiger partial charge on any atom is 0.226 e. The van der Waals surface area contributed by atoms with Gasteiger partial charge in [0.2, 0.25) is 5.91 Å². The number of benzene rings is 1. The second-order valence-electron chi connectivity index (χ2n) is 6.67. The van der Waals surface area contributed by atoms with Crippen molar-refractivity contribution in [3.63, 3.8) is 0 Å². The topological polar surface area (TPSA) is 32.3 Å². The van der Waals surface area contributed by atoms with E-state index in [2.05, 4.69) is 48.3 Å². The molecule has 2 unspecified atom stereocenters. The van der Waals surface area contributed by atoms with Gasteiger partial charge in [-0.05, 0) is 56.3 Å². The number of amides is 1. The minimum absolute atomic E-state index is 0. The van der Waals surface area contributed by atoms with E-state index in [1.807, 2.05) is 0 Å². The summed E-state index contributed by atoms with van der Waals surface area (Å²) in [5.74, 6) is 1.08. The van der Waals surface area contributed by atoms with Gasteiger partial charge in [0.15, 0.2) is 0 Å². The monoisotopic (exact) mass is 322 g/mol. The van der Waals surface area contributed by atoms with E-state index in [1.165, 1.54) is 11.1 Å². The lowest BCUT2D eigenvalue weighted by Gasteiger charge is -2.36. The fraction of sp³-hybridized carbons (Fsp3) is 0.611. The third-order valence-electron chi connectivity index (χ3n) is 5.29. The van der Waals surface area contributed by atoms with E-state index in [1.54, 1.807) is 0 Å². The number of rotatable bonds is 4. The molecule has 0 aromatic heterocycles. The van der Waals surface area contributed by atoms with E-state index in [9.17, 15) is 4.79 Å². The molecule has 2 fully saturated rings. The lowest BCUT2D eigenvalue weighted by Crippen LogP contribution is -2.51. The Bertz CT molecular complexity index is 516. The molecule has 1 N–H and O–H groups in total. The number of aryl methyl sites for hydroxylation is 1. The van der Waals surface area contributed by atoms with Crippen LogP contribution >= 0.6 is 12.4 Å². The van der Waals surface area contributed by atoms with Crippen LogP contribution < -0.4 is 5.32 Å². The average molecular weight is 323 g/mol. The highest BCUT2D eigenvalue weighted by Crippen LogP contribution is 2.27. The molecule has 0 saturated carbocycles. The normalized spacial score (nSPS) is 22.8. The summed E-state index contributed by atoms with van der Waals surface area (Å²) in [5.41, 5.74) is 2.73. The van der Waals surface area contributed by atoms with Crippen LogP contribution in [-0.4, -0.2) is 36.5 Å². The first-order chi connectivity index (χ1) is 10.2. The summed E-state index contributed by atoms with van der Waals surface area (Å²) in [4.78, 5) is 14.9. The Labute approximate surface area is 139 Å². The summed E-state index contributed by atoms with van der Waals surface area (Å²) >= 11 is 0. The van der Waals surface area contributed by atoms with Gasteiger partial charge in [-0.2, -0.15) is 0 Å². The van der Waals surface area contributed by atoms with Gasteiger partial charge in [-0.25, -0.2) is 0 Å². The molecule has 2 atom stereocenters. The van der Waals surface area contributed by atoms with Crippen LogP contribution in [0.15, 0.2) is 24.3 Å². The van der Waals surface area contributed by atoms with E-state index in [4.69, 9.17) is 0 Å². The van der Waals surface area contributed by atoms with E-state index in [-0.39, 0.29) is 18.3 Å². The molecule has 4 heteroatoms. The molecule has 1 aromatic rings. The Morgan fingerprint density at radius 1 is 1.36 bits per heavy atom. The minimum Gasteiger partial charge on any atom is -0.339 e. The predicted octanol–water partition coefficient (Wildman–Crippen LogP) is 2.81. The van der Waals surface area contributed by atoms with E-state index < -0.39 is 0 Å². The fourth-order valence-corrected chi connectivity index (χ4v) is 3.56. The molecule has 3 rings (SSSR count). The molecule has 1 aromatic carbocycles. The molecule has 0 spiro atoms. The standard InChI is InChI=1S/C18H26N2O.ClH/c1-13-6-3-4-7-15(13)10-17-8-5-9-20(17)18(21)14(2)16-11-19-12-16;/h3-4,6-7,14,16-17,19H,5,8-12H2,1-2H3;1H. The molecular formula is C18H27ClN2O. The van der Waals surface area contributed by atoms with Gasteiger partial charge in [0.05, 0.1) is 0 Å². The average Bonchev–Trinajstić information content (AvgIpc) is 2.86.